The van der Waals surface area contributed by atoms with Crippen LogP contribution < -0.4 is 14.8 Å². The number of para-hydroxylation sites is 1. The molecule has 1 amide bonds. The van der Waals surface area contributed by atoms with Crippen molar-refractivity contribution in [3.8, 4) is 23.3 Å². The first-order chi connectivity index (χ1) is 15.2. The lowest BCUT2D eigenvalue weighted by molar-refractivity contribution is -0.119. The number of nitrogens with zero attached hydrogens (tertiary/aromatic N) is 3. The molecule has 2 heterocycles. The summed E-state index contributed by atoms with van der Waals surface area (Å²) in [6, 6.07) is 15.7. The molecule has 0 fully saturated rings. The van der Waals surface area contributed by atoms with Crippen LogP contribution in [0.2, 0.25) is 0 Å². The Morgan fingerprint density at radius 2 is 1.90 bits per heavy atom. The highest BCUT2D eigenvalue weighted by molar-refractivity contribution is 5.96. The Bertz CT molecular complexity index is 1150. The van der Waals surface area contributed by atoms with Crippen molar-refractivity contribution in [2.75, 3.05) is 25.1 Å². The molecule has 4 rings (SSSR count). The number of carbonyl (C=O) groups excluding carboxylic acids is 2. The summed E-state index contributed by atoms with van der Waals surface area (Å²) in [6.45, 7) is 0.504. The number of rotatable bonds is 5. The number of ether oxygens (including phenoxy) is 3. The highest BCUT2D eigenvalue weighted by Gasteiger charge is 2.18. The fourth-order valence-corrected chi connectivity index (χ4v) is 2.99. The van der Waals surface area contributed by atoms with Crippen molar-refractivity contribution >= 4 is 17.7 Å². The quantitative estimate of drug-likeness (QED) is 0.634. The summed E-state index contributed by atoms with van der Waals surface area (Å²) < 4.78 is 17.6. The van der Waals surface area contributed by atoms with E-state index in [1.165, 1.54) is 16.9 Å². The van der Waals surface area contributed by atoms with Crippen molar-refractivity contribution < 1.29 is 23.8 Å². The minimum atomic E-state index is -0.678. The van der Waals surface area contributed by atoms with E-state index in [4.69, 9.17) is 14.2 Å². The topological polar surface area (TPSA) is 115 Å². The summed E-state index contributed by atoms with van der Waals surface area (Å²) in [7, 11) is 0. The van der Waals surface area contributed by atoms with Gasteiger partial charge in [0.15, 0.2) is 23.9 Å². The number of esters is 1. The number of nitriles is 1. The van der Waals surface area contributed by atoms with Crippen molar-refractivity contribution in [2.24, 2.45) is 0 Å². The van der Waals surface area contributed by atoms with Crippen molar-refractivity contribution in [1.29, 1.82) is 5.26 Å². The SMILES string of the molecule is N#Cc1cnn(-c2ccccc2)c1NC(=O)COC(=O)c1ccc2c(c1)OCCCO2. The van der Waals surface area contributed by atoms with Crippen LogP contribution in [-0.2, 0) is 9.53 Å². The fourth-order valence-electron chi connectivity index (χ4n) is 2.99. The summed E-state index contributed by atoms with van der Waals surface area (Å²) in [5.41, 5.74) is 1.10. The van der Waals surface area contributed by atoms with Crippen molar-refractivity contribution in [3.05, 3.63) is 65.9 Å². The maximum Gasteiger partial charge on any atom is 0.338 e. The van der Waals surface area contributed by atoms with Gasteiger partial charge in [0.05, 0.1) is 30.7 Å². The van der Waals surface area contributed by atoms with Crippen LogP contribution >= 0.6 is 0 Å². The summed E-state index contributed by atoms with van der Waals surface area (Å²) >= 11 is 0. The number of nitrogens with one attached hydrogen (secondary N) is 1. The molecule has 1 aromatic heterocycles. The van der Waals surface area contributed by atoms with Crippen LogP contribution in [0.4, 0.5) is 5.82 Å². The van der Waals surface area contributed by atoms with Crippen LogP contribution in [0.3, 0.4) is 0 Å². The molecule has 9 nitrogen and oxygen atoms in total. The Morgan fingerprint density at radius 1 is 1.13 bits per heavy atom. The molecule has 0 atom stereocenters. The molecule has 1 aliphatic heterocycles. The van der Waals surface area contributed by atoms with Crippen LogP contribution in [0.1, 0.15) is 22.3 Å². The molecule has 31 heavy (non-hydrogen) atoms. The molecule has 0 spiro atoms. The Hall–Kier alpha value is -4.32. The summed E-state index contributed by atoms with van der Waals surface area (Å²) in [5.74, 6) is -0.0584. The third kappa shape index (κ3) is 4.48. The smallest absolute Gasteiger partial charge is 0.338 e. The third-order valence-electron chi connectivity index (χ3n) is 4.47. The van der Waals surface area contributed by atoms with Crippen molar-refractivity contribution in [3.63, 3.8) is 0 Å². The van der Waals surface area contributed by atoms with E-state index in [9.17, 15) is 14.9 Å². The molecule has 9 heteroatoms. The first-order valence-corrected chi connectivity index (χ1v) is 9.56. The van der Waals surface area contributed by atoms with Gasteiger partial charge >= 0.3 is 5.97 Å². The third-order valence-corrected chi connectivity index (χ3v) is 4.47. The summed E-state index contributed by atoms with van der Waals surface area (Å²) in [6.07, 6.45) is 2.10. The van der Waals surface area contributed by atoms with E-state index in [2.05, 4.69) is 10.4 Å². The number of hydrogen-bond acceptors (Lipinski definition) is 7. The van der Waals surface area contributed by atoms with Crippen LogP contribution in [0, 0.1) is 11.3 Å². The van der Waals surface area contributed by atoms with E-state index < -0.39 is 18.5 Å². The second kappa shape index (κ2) is 9.00. The summed E-state index contributed by atoms with van der Waals surface area (Å²) in [4.78, 5) is 24.8. The second-order valence-corrected chi connectivity index (χ2v) is 6.60. The maximum absolute atomic E-state index is 12.4. The van der Waals surface area contributed by atoms with Gasteiger partial charge in [0.2, 0.25) is 0 Å². The number of amides is 1. The molecular weight excluding hydrogens is 400 g/mol. The molecule has 1 N–H and O–H groups in total. The summed E-state index contributed by atoms with van der Waals surface area (Å²) in [5, 5.41) is 16.1. The highest BCUT2D eigenvalue weighted by Crippen LogP contribution is 2.30. The number of anilines is 1. The fraction of sp³-hybridized carbons (Fsp3) is 0.182. The predicted octanol–water partition coefficient (Wildman–Crippen LogP) is 2.70. The normalized spacial score (nSPS) is 12.4. The second-order valence-electron chi connectivity index (χ2n) is 6.60. The van der Waals surface area contributed by atoms with Gasteiger partial charge in [-0.3, -0.25) is 4.79 Å². The molecule has 3 aromatic rings. The maximum atomic E-state index is 12.4. The number of aromatic nitrogens is 2. The number of hydrogen-bond donors (Lipinski definition) is 1. The van der Waals surface area contributed by atoms with E-state index in [0.29, 0.717) is 30.4 Å². The lowest BCUT2D eigenvalue weighted by Gasteiger charge is -2.11. The Morgan fingerprint density at radius 3 is 2.68 bits per heavy atom. The first-order valence-electron chi connectivity index (χ1n) is 9.56. The highest BCUT2D eigenvalue weighted by atomic mass is 16.5. The minimum Gasteiger partial charge on any atom is -0.490 e. The van der Waals surface area contributed by atoms with Gasteiger partial charge in [-0.25, -0.2) is 9.48 Å². The number of carbonyl (C=O) groups is 2. The van der Waals surface area contributed by atoms with Gasteiger partial charge in [-0.1, -0.05) is 18.2 Å². The zero-order valence-electron chi connectivity index (χ0n) is 16.4. The van der Waals surface area contributed by atoms with Gasteiger partial charge in [-0.15, -0.1) is 0 Å². The van der Waals surface area contributed by atoms with Gasteiger partial charge < -0.3 is 19.5 Å². The standard InChI is InChI=1S/C22H18N4O5/c23-12-16-13-24-26(17-5-2-1-3-6-17)21(16)25-20(27)14-31-22(28)15-7-8-18-19(11-15)30-10-4-9-29-18/h1-3,5-8,11,13H,4,9-10,14H2,(H,25,27). The molecule has 0 bridgehead atoms. The largest absolute Gasteiger partial charge is 0.490 e. The lowest BCUT2D eigenvalue weighted by atomic mass is 10.2. The van der Waals surface area contributed by atoms with E-state index in [1.54, 1.807) is 24.3 Å². The molecule has 0 saturated heterocycles. The van der Waals surface area contributed by atoms with E-state index in [1.807, 2.05) is 24.3 Å². The zero-order chi connectivity index (χ0) is 21.6. The molecular formula is C22H18N4O5. The monoisotopic (exact) mass is 418 g/mol. The van der Waals surface area contributed by atoms with Gasteiger partial charge in [-0.05, 0) is 30.3 Å². The molecule has 0 unspecified atom stereocenters. The molecule has 2 aromatic carbocycles. The van der Waals surface area contributed by atoms with Gasteiger partial charge in [0, 0.05) is 6.42 Å². The zero-order valence-corrected chi connectivity index (χ0v) is 16.4. The van der Waals surface area contributed by atoms with Gasteiger partial charge in [-0.2, -0.15) is 10.4 Å². The number of fused-ring (bicyclic) bond motifs is 1. The average molecular weight is 418 g/mol. The minimum absolute atomic E-state index is 0.187. The Labute approximate surface area is 177 Å². The Balaban J connectivity index is 1.42. The van der Waals surface area contributed by atoms with Gasteiger partial charge in [0.25, 0.3) is 5.91 Å². The van der Waals surface area contributed by atoms with Crippen LogP contribution in [-0.4, -0.2) is 41.5 Å². The molecule has 156 valence electrons. The van der Waals surface area contributed by atoms with Crippen LogP contribution in [0.25, 0.3) is 5.69 Å². The Kier molecular flexibility index (Phi) is 5.80. The van der Waals surface area contributed by atoms with Crippen molar-refractivity contribution in [1.82, 2.24) is 9.78 Å². The van der Waals surface area contributed by atoms with Crippen LogP contribution in [0.5, 0.6) is 11.5 Å². The first kappa shape index (κ1) is 20.0. The van der Waals surface area contributed by atoms with E-state index in [0.717, 1.165) is 6.42 Å². The van der Waals surface area contributed by atoms with Crippen molar-refractivity contribution in [2.45, 2.75) is 6.42 Å². The predicted molar refractivity (Wildman–Crippen MR) is 109 cm³/mol. The van der Waals surface area contributed by atoms with E-state index >= 15 is 0 Å². The van der Waals surface area contributed by atoms with Crippen LogP contribution in [0.15, 0.2) is 54.7 Å². The molecule has 0 saturated carbocycles. The average Bonchev–Trinajstić information content (AvgIpc) is 3.05. The van der Waals surface area contributed by atoms with Gasteiger partial charge in [0.1, 0.15) is 11.6 Å². The molecule has 0 radical (unpaired) electrons. The number of benzene rings is 2. The van der Waals surface area contributed by atoms with E-state index in [-0.39, 0.29) is 16.9 Å². The molecule has 1 aliphatic rings. The molecule has 0 aliphatic carbocycles. The lowest BCUT2D eigenvalue weighted by Crippen LogP contribution is -2.23.